The van der Waals surface area contributed by atoms with Crippen LogP contribution in [0.15, 0.2) is 82.7 Å². The average Bonchev–Trinajstić information content (AvgIpc) is 3.42. The van der Waals surface area contributed by atoms with E-state index in [1.807, 2.05) is 41.3 Å². The van der Waals surface area contributed by atoms with Crippen LogP contribution in [0.25, 0.3) is 11.5 Å². The van der Waals surface area contributed by atoms with Gasteiger partial charge in [0.25, 0.3) is 11.1 Å². The predicted molar refractivity (Wildman–Crippen MR) is 143 cm³/mol. The number of halogens is 1. The number of anilines is 2. The zero-order chi connectivity index (χ0) is 25.6. The first kappa shape index (κ1) is 24.8. The van der Waals surface area contributed by atoms with Gasteiger partial charge in [0, 0.05) is 55.5 Å². The maximum atomic E-state index is 12.8. The summed E-state index contributed by atoms with van der Waals surface area (Å²) in [6.07, 6.45) is 3.29. The Kier molecular flexibility index (Phi) is 7.67. The van der Waals surface area contributed by atoms with E-state index in [9.17, 15) is 9.59 Å². The summed E-state index contributed by atoms with van der Waals surface area (Å²) < 4.78 is 5.60. The summed E-state index contributed by atoms with van der Waals surface area (Å²) in [6, 6.07) is 18.3. The molecule has 0 saturated carbocycles. The molecule has 1 saturated heterocycles. The number of hydrogen-bond donors (Lipinski definition) is 1. The van der Waals surface area contributed by atoms with Gasteiger partial charge in [0.05, 0.1) is 16.3 Å². The number of nitrogens with one attached hydrogen (secondary N) is 1. The van der Waals surface area contributed by atoms with Gasteiger partial charge in [-0.1, -0.05) is 35.5 Å². The predicted octanol–water partition coefficient (Wildman–Crippen LogP) is 4.48. The second kappa shape index (κ2) is 11.4. The first-order chi connectivity index (χ1) is 18.1. The van der Waals surface area contributed by atoms with E-state index in [0.29, 0.717) is 53.6 Å². The minimum absolute atomic E-state index is 0.0460. The molecular weight excluding hydrogens is 512 g/mol. The monoisotopic (exact) mass is 534 g/mol. The van der Waals surface area contributed by atoms with E-state index < -0.39 is 0 Å². The number of rotatable bonds is 7. The Morgan fingerprint density at radius 2 is 1.68 bits per heavy atom. The van der Waals surface area contributed by atoms with Crippen molar-refractivity contribution in [2.45, 2.75) is 5.22 Å². The second-order valence-electron chi connectivity index (χ2n) is 8.25. The minimum atomic E-state index is -0.173. The number of piperazine rings is 1. The van der Waals surface area contributed by atoms with Crippen molar-refractivity contribution < 1.29 is 14.0 Å². The molecule has 5 rings (SSSR count). The molecule has 3 heterocycles. The van der Waals surface area contributed by atoms with Crippen LogP contribution in [0.1, 0.15) is 10.4 Å². The number of hydrogen-bond acceptors (Lipinski definition) is 8. The van der Waals surface area contributed by atoms with E-state index in [0.717, 1.165) is 11.3 Å². The Bertz CT molecular complexity index is 1370. The molecule has 1 aliphatic heterocycles. The maximum Gasteiger partial charge on any atom is 0.277 e. The lowest BCUT2D eigenvalue weighted by atomic mass is 10.1. The molecule has 4 aromatic rings. The maximum absolute atomic E-state index is 12.8. The second-order valence-corrected chi connectivity index (χ2v) is 9.59. The van der Waals surface area contributed by atoms with Gasteiger partial charge in [0.2, 0.25) is 11.8 Å². The summed E-state index contributed by atoms with van der Waals surface area (Å²) in [5, 5.41) is 11.7. The lowest BCUT2D eigenvalue weighted by Gasteiger charge is -2.36. The van der Waals surface area contributed by atoms with Crippen LogP contribution in [0, 0.1) is 0 Å². The van der Waals surface area contributed by atoms with E-state index in [-0.39, 0.29) is 17.6 Å². The van der Waals surface area contributed by atoms with Gasteiger partial charge in [-0.15, -0.1) is 10.2 Å². The fourth-order valence-corrected chi connectivity index (χ4v) is 4.71. The standard InChI is InChI=1S/C26H23ClN6O3S/c27-22-4-2-1-3-21(22)25(35)33-15-13-32(14-16-33)20-7-5-19(6-8-20)29-23(34)17-37-26-31-30-24(36-26)18-9-11-28-12-10-18/h1-12H,13-17H2,(H,29,34). The summed E-state index contributed by atoms with van der Waals surface area (Å²) in [4.78, 5) is 33.2. The van der Waals surface area contributed by atoms with Gasteiger partial charge in [0.15, 0.2) is 0 Å². The van der Waals surface area contributed by atoms with E-state index in [2.05, 4.69) is 25.4 Å². The largest absolute Gasteiger partial charge is 0.411 e. The Balaban J connectivity index is 1.09. The van der Waals surface area contributed by atoms with Crippen molar-refractivity contribution in [3.05, 3.63) is 83.6 Å². The number of carbonyl (C=O) groups excluding carboxylic acids is 2. The Morgan fingerprint density at radius 3 is 2.41 bits per heavy atom. The molecule has 0 aliphatic carbocycles. The van der Waals surface area contributed by atoms with Gasteiger partial charge in [0.1, 0.15) is 0 Å². The Morgan fingerprint density at radius 1 is 0.946 bits per heavy atom. The third-order valence-corrected chi connectivity index (χ3v) is 7.00. The van der Waals surface area contributed by atoms with Gasteiger partial charge < -0.3 is 19.5 Å². The third-order valence-electron chi connectivity index (χ3n) is 5.85. The molecule has 1 fully saturated rings. The number of benzene rings is 2. The molecule has 188 valence electrons. The lowest BCUT2D eigenvalue weighted by molar-refractivity contribution is -0.113. The molecule has 0 atom stereocenters. The van der Waals surface area contributed by atoms with Crippen molar-refractivity contribution in [2.24, 2.45) is 0 Å². The summed E-state index contributed by atoms with van der Waals surface area (Å²) in [5.41, 5.74) is 3.04. The van der Waals surface area contributed by atoms with Crippen molar-refractivity contribution in [3.63, 3.8) is 0 Å². The Hall–Kier alpha value is -3.89. The van der Waals surface area contributed by atoms with Crippen molar-refractivity contribution in [2.75, 3.05) is 42.1 Å². The molecule has 0 radical (unpaired) electrons. The SMILES string of the molecule is O=C(CSc1nnc(-c2ccncc2)o1)Nc1ccc(N2CCN(C(=O)c3ccccc3Cl)CC2)cc1. The molecule has 2 aromatic carbocycles. The molecule has 2 aromatic heterocycles. The molecule has 9 nitrogen and oxygen atoms in total. The molecule has 1 aliphatic rings. The topological polar surface area (TPSA) is 104 Å². The van der Waals surface area contributed by atoms with Crippen molar-refractivity contribution in [3.8, 4) is 11.5 Å². The van der Waals surface area contributed by atoms with Crippen molar-refractivity contribution in [1.29, 1.82) is 0 Å². The quantitative estimate of drug-likeness (QED) is 0.346. The molecule has 37 heavy (non-hydrogen) atoms. The first-order valence-corrected chi connectivity index (χ1v) is 13.0. The number of nitrogens with zero attached hydrogens (tertiary/aromatic N) is 5. The highest BCUT2D eigenvalue weighted by Gasteiger charge is 2.23. The minimum Gasteiger partial charge on any atom is -0.411 e. The summed E-state index contributed by atoms with van der Waals surface area (Å²) >= 11 is 7.36. The van der Waals surface area contributed by atoms with Crippen LogP contribution >= 0.6 is 23.4 Å². The lowest BCUT2D eigenvalue weighted by Crippen LogP contribution is -2.48. The molecule has 0 bridgehead atoms. The number of pyridine rings is 1. The van der Waals surface area contributed by atoms with Gasteiger partial charge in [-0.25, -0.2) is 0 Å². The zero-order valence-corrected chi connectivity index (χ0v) is 21.3. The molecule has 11 heteroatoms. The number of thioether (sulfide) groups is 1. The number of amides is 2. The highest BCUT2D eigenvalue weighted by atomic mass is 35.5. The van der Waals surface area contributed by atoms with Gasteiger partial charge in [-0.05, 0) is 48.5 Å². The number of carbonyl (C=O) groups is 2. The molecule has 2 amide bonds. The fraction of sp³-hybridized carbons (Fsp3) is 0.192. The summed E-state index contributed by atoms with van der Waals surface area (Å²) in [7, 11) is 0. The van der Waals surface area contributed by atoms with Crippen LogP contribution < -0.4 is 10.2 Å². The van der Waals surface area contributed by atoms with Crippen LogP contribution in [0.3, 0.4) is 0 Å². The molecular formula is C26H23ClN6O3S. The van der Waals surface area contributed by atoms with Gasteiger partial charge >= 0.3 is 0 Å². The van der Waals surface area contributed by atoms with Crippen LogP contribution in [0.4, 0.5) is 11.4 Å². The molecule has 0 spiro atoms. The smallest absolute Gasteiger partial charge is 0.277 e. The van der Waals surface area contributed by atoms with E-state index in [4.69, 9.17) is 16.0 Å². The molecule has 1 N–H and O–H groups in total. The first-order valence-electron chi connectivity index (χ1n) is 11.6. The van der Waals surface area contributed by atoms with Crippen LogP contribution in [-0.4, -0.2) is 63.8 Å². The highest BCUT2D eigenvalue weighted by molar-refractivity contribution is 7.99. The fourth-order valence-electron chi connectivity index (χ4n) is 3.93. The zero-order valence-electron chi connectivity index (χ0n) is 19.7. The highest BCUT2D eigenvalue weighted by Crippen LogP contribution is 2.24. The van der Waals surface area contributed by atoms with Crippen molar-refractivity contribution in [1.82, 2.24) is 20.1 Å². The van der Waals surface area contributed by atoms with E-state index in [1.54, 1.807) is 36.7 Å². The van der Waals surface area contributed by atoms with E-state index in [1.165, 1.54) is 11.8 Å². The Labute approximate surface area is 222 Å². The van der Waals surface area contributed by atoms with Crippen LogP contribution in [0.2, 0.25) is 5.02 Å². The average molecular weight is 535 g/mol. The van der Waals surface area contributed by atoms with Crippen LogP contribution in [-0.2, 0) is 4.79 Å². The van der Waals surface area contributed by atoms with Crippen LogP contribution in [0.5, 0.6) is 0 Å². The third kappa shape index (κ3) is 6.10. The normalized spacial score (nSPS) is 13.4. The van der Waals surface area contributed by atoms with Crippen molar-refractivity contribution >= 4 is 46.6 Å². The van der Waals surface area contributed by atoms with E-state index >= 15 is 0 Å². The summed E-state index contributed by atoms with van der Waals surface area (Å²) in [6.45, 7) is 2.64. The number of aromatic nitrogens is 3. The summed E-state index contributed by atoms with van der Waals surface area (Å²) in [5.74, 6) is 0.305. The molecule has 0 unspecified atom stereocenters. The van der Waals surface area contributed by atoms with Gasteiger partial charge in [-0.3, -0.25) is 14.6 Å². The van der Waals surface area contributed by atoms with Gasteiger partial charge in [-0.2, -0.15) is 0 Å².